The first kappa shape index (κ1) is 30.5. The Balaban J connectivity index is 1.13. The minimum Gasteiger partial charge on any atom is -0.462 e. The number of ether oxygens (including phenoxy) is 3. The number of rotatable bonds is 13. The third kappa shape index (κ3) is 8.12. The molecule has 8 nitrogen and oxygen atoms in total. The van der Waals surface area contributed by atoms with Crippen molar-refractivity contribution in [3.63, 3.8) is 0 Å². The summed E-state index contributed by atoms with van der Waals surface area (Å²) in [4.78, 5) is 30.6. The number of nitrogens with one attached hydrogen (secondary N) is 1. The largest absolute Gasteiger partial charge is 0.462 e. The molecule has 2 aromatic rings. The topological polar surface area (TPSA) is 80.3 Å². The fraction of sp³-hybridized carbons (Fsp3) is 0.588. The maximum Gasteiger partial charge on any atom is 0.338 e. The highest BCUT2D eigenvalue weighted by Crippen LogP contribution is 2.41. The van der Waals surface area contributed by atoms with Crippen molar-refractivity contribution in [3.8, 4) is 11.1 Å². The van der Waals surface area contributed by atoms with Crippen LogP contribution in [0.4, 0.5) is 5.69 Å². The van der Waals surface area contributed by atoms with E-state index in [0.717, 1.165) is 61.2 Å². The first-order valence-electron chi connectivity index (χ1n) is 16.0. The van der Waals surface area contributed by atoms with Crippen LogP contribution in [-0.4, -0.2) is 81.3 Å². The zero-order valence-corrected chi connectivity index (χ0v) is 25.2. The lowest BCUT2D eigenvalue weighted by Gasteiger charge is -2.29. The van der Waals surface area contributed by atoms with E-state index in [1.165, 1.54) is 64.7 Å². The molecule has 2 saturated heterocycles. The van der Waals surface area contributed by atoms with Gasteiger partial charge in [-0.15, -0.1) is 0 Å². The Hall–Kier alpha value is -2.94. The van der Waals surface area contributed by atoms with E-state index in [4.69, 9.17) is 14.2 Å². The van der Waals surface area contributed by atoms with Crippen LogP contribution in [0.2, 0.25) is 0 Å². The molecule has 0 spiro atoms. The van der Waals surface area contributed by atoms with Gasteiger partial charge >= 0.3 is 11.9 Å². The summed E-state index contributed by atoms with van der Waals surface area (Å²) in [6, 6.07) is 11.2. The third-order valence-electron chi connectivity index (χ3n) is 8.74. The summed E-state index contributed by atoms with van der Waals surface area (Å²) in [6.07, 6.45) is 11.2. The fourth-order valence-electron chi connectivity index (χ4n) is 6.32. The van der Waals surface area contributed by atoms with Crippen LogP contribution in [0.3, 0.4) is 0 Å². The number of nitrogens with zero attached hydrogens (tertiary/aromatic N) is 2. The lowest BCUT2D eigenvalue weighted by Crippen LogP contribution is -2.30. The molecule has 8 heteroatoms. The Labute approximate surface area is 250 Å². The third-order valence-corrected chi connectivity index (χ3v) is 8.74. The molecule has 0 amide bonds. The number of likely N-dealkylation sites (tertiary alicyclic amines) is 2. The molecule has 3 aliphatic rings. The highest BCUT2D eigenvalue weighted by atomic mass is 16.5. The molecule has 0 aliphatic carbocycles. The second-order valence-corrected chi connectivity index (χ2v) is 11.8. The molecular weight excluding hydrogens is 530 g/mol. The number of piperidine rings is 2. The zero-order chi connectivity index (χ0) is 29.1. The normalized spacial score (nSPS) is 18.9. The van der Waals surface area contributed by atoms with E-state index >= 15 is 0 Å². The van der Waals surface area contributed by atoms with E-state index in [-0.39, 0.29) is 11.9 Å². The van der Waals surface area contributed by atoms with Crippen molar-refractivity contribution in [2.24, 2.45) is 0 Å². The summed E-state index contributed by atoms with van der Waals surface area (Å²) < 4.78 is 16.9. The van der Waals surface area contributed by atoms with E-state index in [0.29, 0.717) is 24.3 Å². The Morgan fingerprint density at radius 2 is 1.24 bits per heavy atom. The van der Waals surface area contributed by atoms with Crippen LogP contribution >= 0.6 is 0 Å². The molecule has 0 saturated carbocycles. The van der Waals surface area contributed by atoms with Gasteiger partial charge in [-0.3, -0.25) is 0 Å². The molecule has 1 unspecified atom stereocenters. The van der Waals surface area contributed by atoms with Gasteiger partial charge < -0.3 is 29.3 Å². The zero-order valence-electron chi connectivity index (χ0n) is 25.2. The van der Waals surface area contributed by atoms with E-state index in [1.807, 2.05) is 30.3 Å². The van der Waals surface area contributed by atoms with Gasteiger partial charge in [0.25, 0.3) is 0 Å². The Morgan fingerprint density at radius 3 is 1.79 bits per heavy atom. The molecule has 1 atom stereocenters. The van der Waals surface area contributed by atoms with E-state index in [2.05, 4.69) is 15.1 Å². The van der Waals surface area contributed by atoms with Crippen molar-refractivity contribution in [1.82, 2.24) is 9.80 Å². The second-order valence-electron chi connectivity index (χ2n) is 11.8. The minimum atomic E-state index is -0.453. The van der Waals surface area contributed by atoms with Crippen molar-refractivity contribution in [2.75, 3.05) is 64.9 Å². The number of carbonyl (C=O) groups excluding carboxylic acids is 2. The van der Waals surface area contributed by atoms with Crippen molar-refractivity contribution in [1.29, 1.82) is 0 Å². The maximum atomic E-state index is 12.8. The number of carbonyl (C=O) groups is 2. The number of hydrogen-bond acceptors (Lipinski definition) is 8. The summed E-state index contributed by atoms with van der Waals surface area (Å²) in [7, 11) is 1.63. The molecule has 0 aromatic heterocycles. The van der Waals surface area contributed by atoms with Gasteiger partial charge in [-0.2, -0.15) is 0 Å². The maximum absolute atomic E-state index is 12.8. The standard InChI is InChI=1S/C34H47N3O5/c1-40-32-30-24-26(33(38)41-22-10-8-20-36-16-4-2-5-17-36)12-14-28(30)29-15-13-27(25-31(29)35-32)34(39)42-23-11-9-21-37-18-6-3-7-19-37/h12-15,24-25,32,35H,2-11,16-23H2,1H3. The molecule has 3 aliphatic heterocycles. The van der Waals surface area contributed by atoms with Crippen molar-refractivity contribution in [2.45, 2.75) is 70.4 Å². The van der Waals surface area contributed by atoms with Crippen LogP contribution in [-0.2, 0) is 14.2 Å². The summed E-state index contributed by atoms with van der Waals surface area (Å²) in [6.45, 7) is 7.78. The van der Waals surface area contributed by atoms with Gasteiger partial charge in [0, 0.05) is 23.9 Å². The van der Waals surface area contributed by atoms with Crippen molar-refractivity contribution in [3.05, 3.63) is 53.1 Å². The van der Waals surface area contributed by atoms with Gasteiger partial charge in [0.05, 0.1) is 24.3 Å². The number of unbranched alkanes of at least 4 members (excludes halogenated alkanes) is 2. The van der Waals surface area contributed by atoms with Crippen molar-refractivity contribution >= 4 is 17.6 Å². The molecule has 3 heterocycles. The van der Waals surface area contributed by atoms with Crippen LogP contribution in [0, 0.1) is 0 Å². The van der Waals surface area contributed by atoms with E-state index in [1.54, 1.807) is 13.2 Å². The summed E-state index contributed by atoms with van der Waals surface area (Å²) in [5, 5.41) is 3.38. The average Bonchev–Trinajstić information content (AvgIpc) is 3.04. The van der Waals surface area contributed by atoms with Crippen LogP contribution in [0.1, 0.15) is 96.7 Å². The predicted octanol–water partition coefficient (Wildman–Crippen LogP) is 6.27. The molecule has 228 valence electrons. The molecular formula is C34H47N3O5. The predicted molar refractivity (Wildman–Crippen MR) is 165 cm³/mol. The number of hydrogen-bond donors (Lipinski definition) is 1. The van der Waals surface area contributed by atoms with Gasteiger partial charge in [-0.05, 0) is 120 Å². The Kier molecular flexibility index (Phi) is 11.3. The van der Waals surface area contributed by atoms with Crippen LogP contribution in [0.25, 0.3) is 11.1 Å². The van der Waals surface area contributed by atoms with Gasteiger partial charge in [-0.1, -0.05) is 25.0 Å². The smallest absolute Gasteiger partial charge is 0.338 e. The number of esters is 2. The fourth-order valence-corrected chi connectivity index (χ4v) is 6.32. The van der Waals surface area contributed by atoms with Gasteiger partial charge in [0.2, 0.25) is 0 Å². The highest BCUT2D eigenvalue weighted by molar-refractivity contribution is 5.95. The quantitative estimate of drug-likeness (QED) is 0.220. The Morgan fingerprint density at radius 1 is 0.714 bits per heavy atom. The van der Waals surface area contributed by atoms with Crippen LogP contribution in [0.5, 0.6) is 0 Å². The first-order valence-corrected chi connectivity index (χ1v) is 16.0. The van der Waals surface area contributed by atoms with E-state index in [9.17, 15) is 9.59 Å². The molecule has 5 rings (SSSR count). The first-order chi connectivity index (χ1) is 20.6. The molecule has 0 radical (unpaired) electrons. The number of benzene rings is 2. The minimum absolute atomic E-state index is 0.314. The number of anilines is 1. The van der Waals surface area contributed by atoms with Gasteiger partial charge in [-0.25, -0.2) is 9.59 Å². The Bertz CT molecular complexity index is 1190. The van der Waals surface area contributed by atoms with Gasteiger partial charge in [0.1, 0.15) is 0 Å². The van der Waals surface area contributed by atoms with Gasteiger partial charge in [0.15, 0.2) is 6.23 Å². The SMILES string of the molecule is COC1Nc2cc(C(=O)OCCCCN3CCCCC3)ccc2-c2ccc(C(=O)OCCCCN3CCCCC3)cc21. The molecule has 42 heavy (non-hydrogen) atoms. The van der Waals surface area contributed by atoms with Crippen molar-refractivity contribution < 1.29 is 23.8 Å². The monoisotopic (exact) mass is 577 g/mol. The van der Waals surface area contributed by atoms with E-state index < -0.39 is 6.23 Å². The molecule has 2 fully saturated rings. The average molecular weight is 578 g/mol. The second kappa shape index (κ2) is 15.5. The number of methoxy groups -OCH3 is 1. The van der Waals surface area contributed by atoms with Crippen LogP contribution < -0.4 is 5.32 Å². The van der Waals surface area contributed by atoms with Crippen LogP contribution in [0.15, 0.2) is 36.4 Å². The lowest BCUT2D eigenvalue weighted by atomic mass is 9.91. The number of fused-ring (bicyclic) bond motifs is 3. The molecule has 1 N–H and O–H groups in total. The highest BCUT2D eigenvalue weighted by Gasteiger charge is 2.26. The molecule has 2 aromatic carbocycles. The summed E-state index contributed by atoms with van der Waals surface area (Å²) in [5.41, 5.74) is 4.61. The summed E-state index contributed by atoms with van der Waals surface area (Å²) in [5.74, 6) is -0.628. The summed E-state index contributed by atoms with van der Waals surface area (Å²) >= 11 is 0. The lowest BCUT2D eigenvalue weighted by molar-refractivity contribution is 0.0484. The molecule has 0 bridgehead atoms.